The molecule has 2 rings (SSSR count). The monoisotopic (exact) mass is 647 g/mol. The van der Waals surface area contributed by atoms with Gasteiger partial charge in [0.1, 0.15) is 29.3 Å². The first kappa shape index (κ1) is 38.9. The second-order valence-electron chi connectivity index (χ2n) is 13.7. The van der Waals surface area contributed by atoms with E-state index in [1.54, 1.807) is 72.7 Å². The summed E-state index contributed by atoms with van der Waals surface area (Å²) in [6.45, 7) is 14.4. The largest absolute Gasteiger partial charge is 0.458 e. The Kier molecular flexibility index (Phi) is 15.0. The first-order valence-corrected chi connectivity index (χ1v) is 16.5. The van der Waals surface area contributed by atoms with Gasteiger partial charge in [0.2, 0.25) is 11.8 Å². The Morgan fingerprint density at radius 1 is 0.830 bits per heavy atom. The van der Waals surface area contributed by atoms with E-state index in [9.17, 15) is 19.2 Å². The third kappa shape index (κ3) is 13.5. The number of alkyl carbamates (subject to hydrolysis) is 1. The van der Waals surface area contributed by atoms with E-state index in [0.29, 0.717) is 17.5 Å². The predicted octanol–water partition coefficient (Wildman–Crippen LogP) is 6.49. The molecule has 0 saturated carbocycles. The zero-order chi connectivity index (χ0) is 35.2. The summed E-state index contributed by atoms with van der Waals surface area (Å²) in [5, 5.41) is 5.53. The van der Waals surface area contributed by atoms with E-state index in [1.807, 2.05) is 30.3 Å². The molecule has 0 spiro atoms. The summed E-state index contributed by atoms with van der Waals surface area (Å²) in [5.41, 5.74) is 0.121. The normalized spacial score (nSPS) is 13.3. The Hall–Kier alpha value is -4.32. The molecule has 47 heavy (non-hydrogen) atoms. The molecule has 0 bridgehead atoms. The van der Waals surface area contributed by atoms with Gasteiger partial charge in [0, 0.05) is 18.5 Å². The van der Waals surface area contributed by atoms with E-state index in [4.69, 9.17) is 15.9 Å². The third-order valence-corrected chi connectivity index (χ3v) is 7.15. The molecule has 3 unspecified atom stereocenters. The van der Waals surface area contributed by atoms with Crippen molar-refractivity contribution in [3.63, 3.8) is 0 Å². The van der Waals surface area contributed by atoms with Crippen molar-refractivity contribution in [2.45, 2.75) is 123 Å². The van der Waals surface area contributed by atoms with Crippen molar-refractivity contribution >= 4 is 23.9 Å². The summed E-state index contributed by atoms with van der Waals surface area (Å²) in [6, 6.07) is 12.9. The van der Waals surface area contributed by atoms with Crippen molar-refractivity contribution in [1.29, 1.82) is 0 Å². The van der Waals surface area contributed by atoms with Crippen LogP contribution >= 0.6 is 0 Å². The van der Waals surface area contributed by atoms with Crippen LogP contribution in [0.15, 0.2) is 54.6 Å². The fourth-order valence-electron chi connectivity index (χ4n) is 5.03. The molecule has 256 valence electrons. The summed E-state index contributed by atoms with van der Waals surface area (Å²) in [7, 11) is 0. The second-order valence-corrected chi connectivity index (χ2v) is 13.7. The lowest BCUT2D eigenvalue weighted by molar-refractivity contribution is -0.159. The van der Waals surface area contributed by atoms with E-state index in [0.717, 1.165) is 31.2 Å². The molecule has 3 amide bonds. The lowest BCUT2D eigenvalue weighted by Gasteiger charge is -2.35. The van der Waals surface area contributed by atoms with E-state index < -0.39 is 53.2 Å². The summed E-state index contributed by atoms with van der Waals surface area (Å²) in [6.07, 6.45) is 9.84. The second kappa shape index (κ2) is 18.1. The van der Waals surface area contributed by atoms with Gasteiger partial charge >= 0.3 is 12.1 Å². The van der Waals surface area contributed by atoms with Crippen molar-refractivity contribution in [3.8, 4) is 12.3 Å². The van der Waals surface area contributed by atoms with Crippen molar-refractivity contribution in [2.75, 3.05) is 6.54 Å². The molecule has 2 N–H and O–H groups in total. The Labute approximate surface area is 281 Å². The van der Waals surface area contributed by atoms with Gasteiger partial charge in [-0.1, -0.05) is 87.1 Å². The average Bonchev–Trinajstić information content (AvgIpc) is 2.98. The third-order valence-electron chi connectivity index (χ3n) is 7.15. The van der Waals surface area contributed by atoms with Crippen LogP contribution in [0.4, 0.5) is 4.79 Å². The molecular weight excluding hydrogens is 594 g/mol. The van der Waals surface area contributed by atoms with Crippen LogP contribution in [0.3, 0.4) is 0 Å². The van der Waals surface area contributed by atoms with Crippen LogP contribution < -0.4 is 10.6 Å². The smallest absolute Gasteiger partial charge is 0.408 e. The van der Waals surface area contributed by atoms with Gasteiger partial charge < -0.3 is 25.0 Å². The molecule has 3 atom stereocenters. The van der Waals surface area contributed by atoms with Crippen LogP contribution in [-0.2, 0) is 30.3 Å². The van der Waals surface area contributed by atoms with Crippen molar-refractivity contribution in [3.05, 3.63) is 71.3 Å². The SMILES string of the molecule is C#Cc1ccccc1C(C(=O)NC(Cc1ccccc1)C(=O)OC(C)(C)C)N(CCCCCCC)C(=O)C(C)NC(=O)OC(C)(C)C. The van der Waals surface area contributed by atoms with Gasteiger partial charge in [0.25, 0.3) is 0 Å². The number of hydrogen-bond acceptors (Lipinski definition) is 6. The van der Waals surface area contributed by atoms with Crippen LogP contribution in [0.1, 0.15) is 110 Å². The van der Waals surface area contributed by atoms with Gasteiger partial charge in [0.15, 0.2) is 0 Å². The maximum atomic E-state index is 14.5. The number of benzene rings is 2. The van der Waals surface area contributed by atoms with Crippen LogP contribution in [-0.4, -0.2) is 58.6 Å². The molecule has 0 aliphatic rings. The Bertz CT molecular complexity index is 1370. The maximum absolute atomic E-state index is 14.5. The number of rotatable bonds is 15. The Morgan fingerprint density at radius 3 is 2.02 bits per heavy atom. The van der Waals surface area contributed by atoms with Crippen molar-refractivity contribution < 1.29 is 28.7 Å². The molecule has 0 aliphatic carbocycles. The number of nitrogens with zero attached hydrogens (tertiary/aromatic N) is 1. The van der Waals surface area contributed by atoms with Crippen LogP contribution in [0, 0.1) is 12.3 Å². The highest BCUT2D eigenvalue weighted by Gasteiger charge is 2.38. The van der Waals surface area contributed by atoms with Crippen LogP contribution in [0.2, 0.25) is 0 Å². The van der Waals surface area contributed by atoms with Crippen molar-refractivity contribution in [1.82, 2.24) is 15.5 Å². The number of carbonyl (C=O) groups excluding carboxylic acids is 4. The number of unbranched alkanes of at least 4 members (excludes halogenated alkanes) is 4. The first-order valence-electron chi connectivity index (χ1n) is 16.5. The van der Waals surface area contributed by atoms with Gasteiger partial charge in [0.05, 0.1) is 0 Å². The van der Waals surface area contributed by atoms with Crippen LogP contribution in [0.25, 0.3) is 0 Å². The lowest BCUT2D eigenvalue weighted by Crippen LogP contribution is -2.54. The van der Waals surface area contributed by atoms with E-state index in [-0.39, 0.29) is 13.0 Å². The highest BCUT2D eigenvalue weighted by atomic mass is 16.6. The molecule has 2 aromatic rings. The van der Waals surface area contributed by atoms with Gasteiger partial charge in [-0.25, -0.2) is 9.59 Å². The minimum absolute atomic E-state index is 0.173. The zero-order valence-corrected chi connectivity index (χ0v) is 29.4. The zero-order valence-electron chi connectivity index (χ0n) is 29.4. The number of terminal acetylenes is 1. The topological polar surface area (TPSA) is 114 Å². The van der Waals surface area contributed by atoms with Gasteiger partial charge in [-0.05, 0) is 72.1 Å². The molecule has 0 saturated heterocycles. The lowest BCUT2D eigenvalue weighted by atomic mass is 9.96. The summed E-state index contributed by atoms with van der Waals surface area (Å²) >= 11 is 0. The molecule has 2 aromatic carbocycles. The number of ether oxygens (including phenoxy) is 2. The molecular formula is C38H53N3O6. The Balaban J connectivity index is 2.59. The van der Waals surface area contributed by atoms with Crippen LogP contribution in [0.5, 0.6) is 0 Å². The fraction of sp³-hybridized carbons (Fsp3) is 0.526. The number of amides is 3. The van der Waals surface area contributed by atoms with E-state index >= 15 is 0 Å². The highest BCUT2D eigenvalue weighted by molar-refractivity contribution is 5.94. The fourth-order valence-corrected chi connectivity index (χ4v) is 5.03. The van der Waals surface area contributed by atoms with Gasteiger partial charge in [-0.3, -0.25) is 9.59 Å². The predicted molar refractivity (Wildman–Crippen MR) is 184 cm³/mol. The summed E-state index contributed by atoms with van der Waals surface area (Å²) in [4.78, 5) is 56.3. The Morgan fingerprint density at radius 2 is 1.43 bits per heavy atom. The number of nitrogens with one attached hydrogen (secondary N) is 2. The van der Waals surface area contributed by atoms with E-state index in [2.05, 4.69) is 23.5 Å². The summed E-state index contributed by atoms with van der Waals surface area (Å²) in [5.74, 6) is 0.960. The maximum Gasteiger partial charge on any atom is 0.408 e. The van der Waals surface area contributed by atoms with Gasteiger partial charge in [-0.2, -0.15) is 0 Å². The average molecular weight is 648 g/mol. The molecule has 0 radical (unpaired) electrons. The van der Waals surface area contributed by atoms with Crippen molar-refractivity contribution in [2.24, 2.45) is 0 Å². The molecule has 0 heterocycles. The quantitative estimate of drug-likeness (QED) is 0.130. The number of carbonyl (C=O) groups is 4. The minimum atomic E-state index is -1.20. The molecule has 0 fully saturated rings. The first-order chi connectivity index (χ1) is 22.1. The standard InChI is InChI=1S/C38H53N3O6/c1-10-12-13-14-20-25-41(34(43)27(3)39-36(45)47-38(7,8)9)32(30-24-19-18-23-29(30)11-2)33(42)40-31(35(44)46-37(4,5)6)26-28-21-16-15-17-22-28/h2,15-19,21-24,27,31-32H,10,12-14,20,25-26H2,1,3-9H3,(H,39,45)(H,40,42). The number of hydrogen-bond donors (Lipinski definition) is 2. The number of esters is 1. The molecule has 0 aliphatic heterocycles. The molecule has 0 aromatic heterocycles. The summed E-state index contributed by atoms with van der Waals surface area (Å²) < 4.78 is 11.1. The minimum Gasteiger partial charge on any atom is -0.458 e. The molecule has 9 heteroatoms. The molecule has 9 nitrogen and oxygen atoms in total. The highest BCUT2D eigenvalue weighted by Crippen LogP contribution is 2.27. The van der Waals surface area contributed by atoms with E-state index in [1.165, 1.54) is 4.90 Å². The van der Waals surface area contributed by atoms with Gasteiger partial charge in [-0.15, -0.1) is 6.42 Å².